The average molecular weight is 964 g/mol. The molecule has 0 saturated heterocycles. The molecule has 0 bridgehead atoms. The first-order chi connectivity index (χ1) is 34.5. The number of phenolic OH excluding ortho intramolecular Hbond substituents is 14. The van der Waals surface area contributed by atoms with Gasteiger partial charge in [-0.3, -0.25) is 0 Å². The van der Waals surface area contributed by atoms with E-state index in [4.69, 9.17) is 4.42 Å². The first-order valence-electron chi connectivity index (χ1n) is 21.8. The van der Waals surface area contributed by atoms with E-state index in [-0.39, 0.29) is 22.3 Å². The lowest BCUT2D eigenvalue weighted by atomic mass is 9.93. The van der Waals surface area contributed by atoms with Gasteiger partial charge in [-0.2, -0.15) is 0 Å². The van der Waals surface area contributed by atoms with Gasteiger partial charge in [0.25, 0.3) is 0 Å². The number of fused-ring (bicyclic) bond motifs is 5. The highest BCUT2D eigenvalue weighted by atomic mass is 16.4. The van der Waals surface area contributed by atoms with Crippen molar-refractivity contribution in [1.82, 2.24) is 0 Å². The Morgan fingerprint density at radius 3 is 1.08 bits per heavy atom. The molecule has 0 atom stereocenters. The lowest BCUT2D eigenvalue weighted by Crippen LogP contribution is -2.09. The first-order valence-corrected chi connectivity index (χ1v) is 21.8. The van der Waals surface area contributed by atoms with Crippen molar-refractivity contribution >= 4 is 60.5 Å². The predicted octanol–water partition coefficient (Wildman–Crippen LogP) is 11.9. The molecule has 72 heavy (non-hydrogen) atoms. The van der Waals surface area contributed by atoms with E-state index in [1.807, 2.05) is 95.9 Å². The molecule has 0 aliphatic carbocycles. The topological polar surface area (TPSA) is 300 Å². The van der Waals surface area contributed by atoms with Crippen LogP contribution in [0.2, 0.25) is 0 Å². The Labute approximate surface area is 404 Å². The second-order valence-corrected chi connectivity index (χ2v) is 17.0. The van der Waals surface area contributed by atoms with Gasteiger partial charge in [-0.25, -0.2) is 0 Å². The van der Waals surface area contributed by atoms with Crippen molar-refractivity contribution in [3.63, 3.8) is 0 Å². The summed E-state index contributed by atoms with van der Waals surface area (Å²) < 4.78 is 6.15. The van der Waals surface area contributed by atoms with Crippen molar-refractivity contribution in [3.8, 4) is 125 Å². The number of aromatic hydroxyl groups is 14. The summed E-state index contributed by atoms with van der Waals surface area (Å²) >= 11 is 0. The number of benzene rings is 10. The maximum absolute atomic E-state index is 11.4. The molecular weight excluding hydrogens is 927 g/mol. The van der Waals surface area contributed by atoms with Gasteiger partial charge in [-0.05, 0) is 94.0 Å². The fraction of sp³-hybridized carbons (Fsp3) is 0. The minimum absolute atomic E-state index is 0.171. The van der Waals surface area contributed by atoms with Crippen molar-refractivity contribution < 1.29 is 75.9 Å². The maximum Gasteiger partial charge on any atom is 0.205 e. The van der Waals surface area contributed by atoms with Crippen LogP contribution in [0, 0.1) is 0 Å². The molecule has 0 saturated carbocycles. The Balaban J connectivity index is 0.993. The fourth-order valence-electron chi connectivity index (χ4n) is 9.40. The second-order valence-electron chi connectivity index (χ2n) is 17.0. The van der Waals surface area contributed by atoms with Gasteiger partial charge in [0.05, 0.1) is 21.7 Å². The van der Waals surface area contributed by atoms with Crippen LogP contribution in [-0.4, -0.2) is 71.5 Å². The number of furan rings is 1. The third kappa shape index (κ3) is 6.47. The summed E-state index contributed by atoms with van der Waals surface area (Å²) in [6.45, 7) is 0. The van der Waals surface area contributed by atoms with Crippen molar-refractivity contribution in [2.45, 2.75) is 0 Å². The van der Waals surface area contributed by atoms with Crippen LogP contribution in [0.15, 0.2) is 144 Å². The molecule has 0 aliphatic rings. The number of phenols is 14. The molecular formula is C56H37NO15. The van der Waals surface area contributed by atoms with E-state index < -0.39 is 102 Å². The summed E-state index contributed by atoms with van der Waals surface area (Å²) in [7, 11) is 0. The molecule has 0 amide bonds. The van der Waals surface area contributed by atoms with Gasteiger partial charge in [-0.15, -0.1) is 0 Å². The molecule has 356 valence electrons. The van der Waals surface area contributed by atoms with Gasteiger partial charge in [0.15, 0.2) is 46.0 Å². The Hall–Kier alpha value is -10.5. The molecule has 0 fully saturated rings. The minimum atomic E-state index is -1.16. The summed E-state index contributed by atoms with van der Waals surface area (Å²) in [5.41, 5.74) is 6.28. The highest BCUT2D eigenvalue weighted by Crippen LogP contribution is 2.61. The molecule has 10 aromatic carbocycles. The van der Waals surface area contributed by atoms with Crippen LogP contribution in [0.4, 0.5) is 17.1 Å². The number of anilines is 3. The zero-order valence-corrected chi connectivity index (χ0v) is 36.9. The van der Waals surface area contributed by atoms with Crippen LogP contribution in [0.25, 0.3) is 88.0 Å². The number of nitrogens with zero attached hydrogens (tertiary/aromatic N) is 1. The van der Waals surface area contributed by atoms with Gasteiger partial charge in [0.2, 0.25) is 28.7 Å². The van der Waals surface area contributed by atoms with Crippen LogP contribution in [-0.2, 0) is 0 Å². The molecule has 16 nitrogen and oxygen atoms in total. The summed E-state index contributed by atoms with van der Waals surface area (Å²) in [4.78, 5) is 1.96. The molecule has 0 unspecified atom stereocenters. The van der Waals surface area contributed by atoms with Gasteiger partial charge < -0.3 is 80.8 Å². The Morgan fingerprint density at radius 1 is 0.250 bits per heavy atom. The highest BCUT2D eigenvalue weighted by Gasteiger charge is 2.31. The smallest absolute Gasteiger partial charge is 0.205 e. The Bertz CT molecular complexity index is 4050. The van der Waals surface area contributed by atoms with E-state index in [2.05, 4.69) is 0 Å². The SMILES string of the molecule is Oc1c(O)c(O)c2c(O)c(-c3ccc(N(c4ccc(-c5ccccc5)cc4)c4ccc(-c5ccc6oc7ccc(-c8c(O)c(O)c(O)c9c(O)c(O)c(O)c(O)c89)cc7c6c5)cc4)cc3)c(O)c(O)c2c1O. The van der Waals surface area contributed by atoms with Gasteiger partial charge in [0, 0.05) is 38.8 Å². The van der Waals surface area contributed by atoms with Gasteiger partial charge in [-0.1, -0.05) is 78.9 Å². The van der Waals surface area contributed by atoms with Crippen molar-refractivity contribution in [3.05, 3.63) is 140 Å². The van der Waals surface area contributed by atoms with Gasteiger partial charge >= 0.3 is 0 Å². The largest absolute Gasteiger partial charge is 0.506 e. The summed E-state index contributed by atoms with van der Waals surface area (Å²) in [5, 5.41) is 148. The summed E-state index contributed by atoms with van der Waals surface area (Å²) in [5.74, 6) is -14.3. The number of rotatable bonds is 7. The minimum Gasteiger partial charge on any atom is -0.506 e. The molecule has 1 aromatic heterocycles. The lowest BCUT2D eigenvalue weighted by Gasteiger charge is -2.26. The van der Waals surface area contributed by atoms with E-state index in [1.54, 1.807) is 42.5 Å². The molecule has 0 spiro atoms. The fourth-order valence-corrected chi connectivity index (χ4v) is 9.40. The average Bonchev–Trinajstić information content (AvgIpc) is 3.77. The third-order valence-electron chi connectivity index (χ3n) is 13.0. The van der Waals surface area contributed by atoms with E-state index in [0.29, 0.717) is 33.3 Å². The Morgan fingerprint density at radius 2 is 0.583 bits per heavy atom. The van der Waals surface area contributed by atoms with Crippen molar-refractivity contribution in [2.75, 3.05) is 4.90 Å². The molecule has 14 N–H and O–H groups in total. The van der Waals surface area contributed by atoms with Crippen LogP contribution in [0.5, 0.6) is 80.5 Å². The highest BCUT2D eigenvalue weighted by molar-refractivity contribution is 6.15. The standard InChI is InChI=1S/C56H37NO15/c58-43-38(45(60)47(62)42-41(43)50(65)55(70)56(71)51(42)66)27-10-18-32(19-11-27)57(30-14-6-25(7-15-30)24-4-2-1-3-5-24)31-16-8-26(9-17-31)28-12-20-35-33(22-28)34-23-29(13-21-36(34)72-35)37-39-40(48(63)52(67)44(37)59)49(64)54(69)53(68)46(39)61/h1-23,58-71H. The predicted molar refractivity (Wildman–Crippen MR) is 268 cm³/mol. The van der Waals surface area contributed by atoms with E-state index in [0.717, 1.165) is 27.9 Å². The maximum atomic E-state index is 11.4. The summed E-state index contributed by atoms with van der Waals surface area (Å²) in [6, 6.07) is 42.0. The van der Waals surface area contributed by atoms with Crippen LogP contribution in [0.1, 0.15) is 0 Å². The van der Waals surface area contributed by atoms with E-state index >= 15 is 0 Å². The van der Waals surface area contributed by atoms with Crippen molar-refractivity contribution in [2.24, 2.45) is 0 Å². The molecule has 11 aromatic rings. The van der Waals surface area contributed by atoms with E-state index in [1.165, 1.54) is 6.07 Å². The lowest BCUT2D eigenvalue weighted by molar-refractivity contribution is 0.347. The second kappa shape index (κ2) is 16.1. The molecule has 11 rings (SSSR count). The summed E-state index contributed by atoms with van der Waals surface area (Å²) in [6.07, 6.45) is 0. The quantitative estimate of drug-likeness (QED) is 0.0522. The van der Waals surface area contributed by atoms with Crippen LogP contribution < -0.4 is 4.90 Å². The normalized spacial score (nSPS) is 11.6. The zero-order valence-electron chi connectivity index (χ0n) is 36.9. The van der Waals surface area contributed by atoms with Crippen LogP contribution >= 0.6 is 0 Å². The molecule has 16 heteroatoms. The first kappa shape index (κ1) is 44.1. The molecule has 1 heterocycles. The molecule has 0 aliphatic heterocycles. The zero-order chi connectivity index (χ0) is 50.6. The number of hydrogen-bond acceptors (Lipinski definition) is 16. The van der Waals surface area contributed by atoms with Crippen LogP contribution in [0.3, 0.4) is 0 Å². The van der Waals surface area contributed by atoms with Crippen molar-refractivity contribution in [1.29, 1.82) is 0 Å². The molecule has 0 radical (unpaired) electrons. The van der Waals surface area contributed by atoms with Gasteiger partial charge in [0.1, 0.15) is 16.9 Å². The third-order valence-corrected chi connectivity index (χ3v) is 13.0. The monoisotopic (exact) mass is 963 g/mol. The van der Waals surface area contributed by atoms with E-state index in [9.17, 15) is 71.5 Å². The number of hydrogen-bond donors (Lipinski definition) is 14. The Kier molecular flexibility index (Phi) is 9.83.